The fourth-order valence-electron chi connectivity index (χ4n) is 2.06. The van der Waals surface area contributed by atoms with Crippen LogP contribution in [0.3, 0.4) is 0 Å². The first-order valence-electron chi connectivity index (χ1n) is 7.60. The van der Waals surface area contributed by atoms with E-state index in [1.54, 1.807) is 26.4 Å². The van der Waals surface area contributed by atoms with Crippen molar-refractivity contribution in [2.24, 2.45) is 13.0 Å². The topological polar surface area (TPSA) is 93.8 Å². The van der Waals surface area contributed by atoms with E-state index in [4.69, 9.17) is 0 Å². The lowest BCUT2D eigenvalue weighted by Crippen LogP contribution is -2.31. The lowest BCUT2D eigenvalue weighted by atomic mass is 10.2. The van der Waals surface area contributed by atoms with Gasteiger partial charge < -0.3 is 10.6 Å². The van der Waals surface area contributed by atoms with Gasteiger partial charge in [0.15, 0.2) is 0 Å². The van der Waals surface area contributed by atoms with Gasteiger partial charge in [0.1, 0.15) is 11.7 Å². The number of aromatic nitrogens is 4. The monoisotopic (exact) mass is 396 g/mol. The molecule has 0 aliphatic heterocycles. The fraction of sp³-hybridized carbons (Fsp3) is 0.467. The molecule has 1 atom stereocenters. The quantitative estimate of drug-likeness (QED) is 0.780. The maximum Gasteiger partial charge on any atom is 0.271 e. The van der Waals surface area contributed by atoms with Crippen LogP contribution in [0.15, 0.2) is 23.1 Å². The molecule has 0 saturated heterocycles. The maximum atomic E-state index is 12.4. The largest absolute Gasteiger partial charge is 0.350 e. The zero-order chi connectivity index (χ0) is 17.9. The molecule has 9 heteroatoms. The number of amides is 2. The molecule has 2 aromatic rings. The molecule has 0 aliphatic carbocycles. The van der Waals surface area contributed by atoms with E-state index in [9.17, 15) is 9.59 Å². The molecule has 0 saturated carbocycles. The van der Waals surface area contributed by atoms with Crippen LogP contribution in [0.1, 0.15) is 37.3 Å². The van der Waals surface area contributed by atoms with Crippen LogP contribution >= 0.6 is 15.9 Å². The summed E-state index contributed by atoms with van der Waals surface area (Å²) in [5, 5.41) is 13.7. The van der Waals surface area contributed by atoms with E-state index in [-0.39, 0.29) is 11.8 Å². The number of hydrogen-bond donors (Lipinski definition) is 2. The van der Waals surface area contributed by atoms with Gasteiger partial charge in [0.2, 0.25) is 5.91 Å². The van der Waals surface area contributed by atoms with Crippen molar-refractivity contribution < 1.29 is 9.59 Å². The molecule has 8 nitrogen and oxygen atoms in total. The Balaban J connectivity index is 2.12. The minimum atomic E-state index is -0.525. The van der Waals surface area contributed by atoms with Crippen LogP contribution in [-0.4, -0.2) is 37.9 Å². The number of rotatable bonds is 6. The van der Waals surface area contributed by atoms with Gasteiger partial charge in [-0.25, -0.2) is 0 Å². The average molecular weight is 397 g/mol. The van der Waals surface area contributed by atoms with Gasteiger partial charge in [-0.3, -0.25) is 19.0 Å². The molecule has 0 aliphatic rings. The number of aryl methyl sites for hydroxylation is 1. The van der Waals surface area contributed by atoms with Crippen molar-refractivity contribution in [1.82, 2.24) is 24.9 Å². The second-order valence-electron chi connectivity index (χ2n) is 5.94. The zero-order valence-electron chi connectivity index (χ0n) is 14.1. The Labute approximate surface area is 148 Å². The van der Waals surface area contributed by atoms with E-state index >= 15 is 0 Å². The zero-order valence-corrected chi connectivity index (χ0v) is 15.7. The molecule has 2 aromatic heterocycles. The summed E-state index contributed by atoms with van der Waals surface area (Å²) in [4.78, 5) is 24.7. The summed E-state index contributed by atoms with van der Waals surface area (Å²) in [5.74, 6) is -0.219. The Morgan fingerprint density at radius 3 is 2.54 bits per heavy atom. The van der Waals surface area contributed by atoms with Crippen LogP contribution in [0, 0.1) is 5.92 Å². The van der Waals surface area contributed by atoms with E-state index in [0.29, 0.717) is 23.8 Å². The van der Waals surface area contributed by atoms with Crippen molar-refractivity contribution in [3.63, 3.8) is 0 Å². The number of carbonyl (C=O) groups excluding carboxylic acids is 2. The van der Waals surface area contributed by atoms with Gasteiger partial charge in [0, 0.05) is 19.8 Å². The van der Waals surface area contributed by atoms with Gasteiger partial charge >= 0.3 is 0 Å². The number of anilines is 1. The van der Waals surface area contributed by atoms with Gasteiger partial charge in [0.25, 0.3) is 5.91 Å². The maximum absolute atomic E-state index is 12.4. The van der Waals surface area contributed by atoms with Crippen LogP contribution in [0.25, 0.3) is 0 Å². The van der Waals surface area contributed by atoms with Gasteiger partial charge in [0.05, 0.1) is 22.6 Å². The van der Waals surface area contributed by atoms with E-state index in [1.807, 2.05) is 13.8 Å². The van der Waals surface area contributed by atoms with Crippen molar-refractivity contribution in [3.8, 4) is 0 Å². The average Bonchev–Trinajstić information content (AvgIpc) is 3.10. The smallest absolute Gasteiger partial charge is 0.271 e. The van der Waals surface area contributed by atoms with Crippen molar-refractivity contribution in [3.05, 3.63) is 28.8 Å². The standard InChI is InChI=1S/C15H21BrN6O2/c1-9(2)5-17-15(24)13-12(7-18-21(13)4)20-14(23)10(3)22-8-11(16)6-19-22/h6-10H,5H2,1-4H3,(H,17,24)(H,20,23). The van der Waals surface area contributed by atoms with E-state index in [2.05, 4.69) is 36.8 Å². The molecule has 24 heavy (non-hydrogen) atoms. The molecule has 0 aromatic carbocycles. The SMILES string of the molecule is CC(C)CNC(=O)c1c(NC(=O)C(C)n2cc(Br)cn2)cnn1C. The van der Waals surface area contributed by atoms with Crippen LogP contribution in [0.4, 0.5) is 5.69 Å². The third kappa shape index (κ3) is 4.22. The number of carbonyl (C=O) groups is 2. The Morgan fingerprint density at radius 1 is 1.25 bits per heavy atom. The second kappa shape index (κ2) is 7.61. The molecule has 2 N–H and O–H groups in total. The van der Waals surface area contributed by atoms with E-state index in [0.717, 1.165) is 4.47 Å². The molecular formula is C15H21BrN6O2. The number of hydrogen-bond acceptors (Lipinski definition) is 4. The third-order valence-electron chi connectivity index (χ3n) is 3.43. The number of halogens is 1. The summed E-state index contributed by atoms with van der Waals surface area (Å²) in [6.45, 7) is 6.30. The van der Waals surface area contributed by atoms with Crippen LogP contribution in [0.5, 0.6) is 0 Å². The first kappa shape index (κ1) is 18.2. The molecule has 2 heterocycles. The molecular weight excluding hydrogens is 376 g/mol. The highest BCUT2D eigenvalue weighted by molar-refractivity contribution is 9.10. The Morgan fingerprint density at radius 2 is 1.96 bits per heavy atom. The molecule has 0 radical (unpaired) electrons. The van der Waals surface area contributed by atoms with E-state index in [1.165, 1.54) is 15.6 Å². The van der Waals surface area contributed by atoms with E-state index < -0.39 is 6.04 Å². The number of nitrogens with zero attached hydrogens (tertiary/aromatic N) is 4. The molecule has 0 bridgehead atoms. The Hall–Kier alpha value is -2.16. The normalized spacial score (nSPS) is 12.2. The number of nitrogens with one attached hydrogen (secondary N) is 2. The molecule has 1 unspecified atom stereocenters. The van der Waals surface area contributed by atoms with Gasteiger partial charge in [-0.05, 0) is 28.8 Å². The molecule has 0 spiro atoms. The molecule has 2 rings (SSSR count). The lowest BCUT2D eigenvalue weighted by molar-refractivity contribution is -0.119. The summed E-state index contributed by atoms with van der Waals surface area (Å²) in [5.41, 5.74) is 0.694. The molecule has 2 amide bonds. The first-order chi connectivity index (χ1) is 11.3. The highest BCUT2D eigenvalue weighted by Gasteiger charge is 2.22. The summed E-state index contributed by atoms with van der Waals surface area (Å²) in [7, 11) is 1.66. The lowest BCUT2D eigenvalue weighted by Gasteiger charge is -2.13. The Bertz CT molecular complexity index is 736. The summed E-state index contributed by atoms with van der Waals surface area (Å²) < 4.78 is 3.77. The summed E-state index contributed by atoms with van der Waals surface area (Å²) in [6, 6.07) is -0.525. The highest BCUT2D eigenvalue weighted by Crippen LogP contribution is 2.18. The van der Waals surface area contributed by atoms with Crippen LogP contribution in [-0.2, 0) is 11.8 Å². The first-order valence-corrected chi connectivity index (χ1v) is 8.39. The van der Waals surface area contributed by atoms with Crippen molar-refractivity contribution in [2.75, 3.05) is 11.9 Å². The predicted molar refractivity (Wildman–Crippen MR) is 93.6 cm³/mol. The fourth-order valence-corrected chi connectivity index (χ4v) is 2.36. The van der Waals surface area contributed by atoms with Crippen LogP contribution < -0.4 is 10.6 Å². The second-order valence-corrected chi connectivity index (χ2v) is 6.85. The van der Waals surface area contributed by atoms with Crippen molar-refractivity contribution in [1.29, 1.82) is 0 Å². The third-order valence-corrected chi connectivity index (χ3v) is 3.84. The van der Waals surface area contributed by atoms with Crippen molar-refractivity contribution in [2.45, 2.75) is 26.8 Å². The van der Waals surface area contributed by atoms with Gasteiger partial charge in [-0.1, -0.05) is 13.8 Å². The summed E-state index contributed by atoms with van der Waals surface area (Å²) in [6.07, 6.45) is 4.79. The predicted octanol–water partition coefficient (Wildman–Crippen LogP) is 1.96. The Kier molecular flexibility index (Phi) is 5.76. The highest BCUT2D eigenvalue weighted by atomic mass is 79.9. The minimum Gasteiger partial charge on any atom is -0.350 e. The van der Waals surface area contributed by atoms with Gasteiger partial charge in [-0.2, -0.15) is 10.2 Å². The minimum absolute atomic E-state index is 0.270. The van der Waals surface area contributed by atoms with Crippen molar-refractivity contribution >= 4 is 33.4 Å². The van der Waals surface area contributed by atoms with Gasteiger partial charge in [-0.15, -0.1) is 0 Å². The molecule has 0 fully saturated rings. The summed E-state index contributed by atoms with van der Waals surface area (Å²) >= 11 is 3.30. The van der Waals surface area contributed by atoms with Crippen LogP contribution in [0.2, 0.25) is 0 Å². The molecule has 130 valence electrons.